The fourth-order valence-corrected chi connectivity index (χ4v) is 11.1. The molecule has 9 heteroatoms. The first-order valence-corrected chi connectivity index (χ1v) is 18.0. The number of aliphatic hydroxyl groups is 1. The lowest BCUT2D eigenvalue weighted by atomic mass is 9.45. The van der Waals surface area contributed by atoms with E-state index in [0.29, 0.717) is 25.7 Å². The summed E-state index contributed by atoms with van der Waals surface area (Å²) >= 11 is 0. The molecule has 1 N–H and O–H groups in total. The molecule has 2 heterocycles. The number of aromatic nitrogens is 2. The minimum absolute atomic E-state index is 0.0156. The average molecular weight is 637 g/mol. The van der Waals surface area contributed by atoms with Gasteiger partial charge in [-0.25, -0.2) is 0 Å². The van der Waals surface area contributed by atoms with Gasteiger partial charge in [-0.05, 0) is 86.2 Å². The number of nitrogens with zero attached hydrogens (tertiary/aromatic N) is 2. The molecule has 9 atom stereocenters. The number of aliphatic hydroxyl groups excluding tert-OH is 1. The zero-order chi connectivity index (χ0) is 32.4. The van der Waals surface area contributed by atoms with Crippen molar-refractivity contribution in [1.82, 2.24) is 9.78 Å². The number of hydrogen-bond donors (Lipinski definition) is 1. The van der Waals surface area contributed by atoms with Gasteiger partial charge in [-0.1, -0.05) is 52.5 Å². The lowest BCUT2D eigenvalue weighted by molar-refractivity contribution is -0.212. The van der Waals surface area contributed by atoms with Crippen LogP contribution in [0.3, 0.4) is 0 Å². The second-order valence-electron chi connectivity index (χ2n) is 15.7. The molecule has 0 radical (unpaired) electrons. The van der Waals surface area contributed by atoms with Gasteiger partial charge in [0.2, 0.25) is 5.78 Å². The van der Waals surface area contributed by atoms with E-state index in [2.05, 4.69) is 25.0 Å². The monoisotopic (exact) mass is 636 g/mol. The van der Waals surface area contributed by atoms with Gasteiger partial charge in [-0.15, -0.1) is 0 Å². The van der Waals surface area contributed by atoms with Crippen molar-refractivity contribution in [3.05, 3.63) is 23.0 Å². The number of Topliss-reactive ketones (excluding diaryl/α,β-unsaturated/α-hetero) is 2. The summed E-state index contributed by atoms with van der Waals surface area (Å²) in [6, 6.07) is 0. The molecule has 1 aromatic heterocycles. The predicted octanol–water partition coefficient (Wildman–Crippen LogP) is 5.60. The van der Waals surface area contributed by atoms with E-state index in [1.807, 2.05) is 24.7 Å². The van der Waals surface area contributed by atoms with Gasteiger partial charge in [-0.3, -0.25) is 19.1 Å². The topological polar surface area (TPSA) is 117 Å². The summed E-state index contributed by atoms with van der Waals surface area (Å²) in [5.74, 6) is 0.158. The number of ketones is 2. The third-order valence-electron chi connectivity index (χ3n) is 13.2. The molecule has 0 amide bonds. The third-order valence-corrected chi connectivity index (χ3v) is 13.2. The zero-order valence-electron chi connectivity index (χ0n) is 28.1. The molecular formula is C37H52N2O7. The van der Waals surface area contributed by atoms with Crippen molar-refractivity contribution in [2.75, 3.05) is 6.61 Å². The van der Waals surface area contributed by atoms with E-state index in [1.165, 1.54) is 12.0 Å². The predicted molar refractivity (Wildman–Crippen MR) is 170 cm³/mol. The lowest BCUT2D eigenvalue weighted by Gasteiger charge is -2.60. The van der Waals surface area contributed by atoms with Crippen molar-refractivity contribution in [1.29, 1.82) is 0 Å². The van der Waals surface area contributed by atoms with Crippen LogP contribution in [-0.2, 0) is 41.6 Å². The molecule has 6 aliphatic rings. The second kappa shape index (κ2) is 12.0. The SMILES string of the molecule is CCCC(=O)OCC(=O)[C@@]12OC(C3CCCCC3)O[C@@H]1C[C@H]1[C@@H]3CCC4=Cc5c(cnn5CC(=O)CC)C[C@]4(C)[C@H]3[C@@H](O)C[C@@]12C. The number of carbonyl (C=O) groups excluding carboxylic acids is 3. The highest BCUT2D eigenvalue weighted by Gasteiger charge is 2.76. The molecule has 7 rings (SSSR count). The summed E-state index contributed by atoms with van der Waals surface area (Å²) in [4.78, 5) is 39.1. The fourth-order valence-electron chi connectivity index (χ4n) is 11.1. The summed E-state index contributed by atoms with van der Waals surface area (Å²) in [5, 5.41) is 16.9. The maximum Gasteiger partial charge on any atom is 0.306 e. The number of rotatable bonds is 9. The number of esters is 1. The van der Waals surface area contributed by atoms with Gasteiger partial charge in [0.15, 0.2) is 24.3 Å². The van der Waals surface area contributed by atoms with E-state index in [0.717, 1.165) is 56.2 Å². The number of hydrogen-bond acceptors (Lipinski definition) is 8. The molecule has 4 saturated carbocycles. The molecule has 0 spiro atoms. The van der Waals surface area contributed by atoms with Crippen LogP contribution in [0.1, 0.15) is 116 Å². The Hall–Kier alpha value is -2.36. The molecule has 46 heavy (non-hydrogen) atoms. The summed E-state index contributed by atoms with van der Waals surface area (Å²) in [5.41, 5.74) is 1.32. The van der Waals surface area contributed by atoms with Crippen molar-refractivity contribution in [2.24, 2.45) is 34.5 Å². The molecule has 252 valence electrons. The lowest BCUT2D eigenvalue weighted by Crippen LogP contribution is -2.64. The van der Waals surface area contributed by atoms with Crippen LogP contribution >= 0.6 is 0 Å². The van der Waals surface area contributed by atoms with Gasteiger partial charge < -0.3 is 19.3 Å². The molecule has 1 aliphatic heterocycles. The smallest absolute Gasteiger partial charge is 0.306 e. The Labute approximate surface area is 272 Å². The summed E-state index contributed by atoms with van der Waals surface area (Å²) in [7, 11) is 0. The first kappa shape index (κ1) is 32.2. The standard InChI is InChI=1S/C37H52N2O7/c1-5-10-32(43)44-21-30(42)37-31(45-34(46-37)22-11-8-7-9-12-22)16-27-26-14-13-24-15-28-23(19-38-39(28)20-25(40)6-2)17-35(24,3)33(26)29(41)18-36(27,37)4/h15,19,22,26-27,29,31,33-34,41H,5-14,16-18,20-21H2,1-4H3/t26-,27-,29-,31+,33+,34?,35-,36-,37+/m0/s1. The first-order chi connectivity index (χ1) is 22.1. The highest BCUT2D eigenvalue weighted by Crippen LogP contribution is 2.70. The van der Waals surface area contributed by atoms with Gasteiger partial charge in [0, 0.05) is 24.2 Å². The van der Waals surface area contributed by atoms with Crippen molar-refractivity contribution < 1.29 is 33.7 Å². The molecule has 5 aliphatic carbocycles. The van der Waals surface area contributed by atoms with Crippen LogP contribution in [0, 0.1) is 34.5 Å². The van der Waals surface area contributed by atoms with E-state index in [-0.39, 0.29) is 66.2 Å². The summed E-state index contributed by atoms with van der Waals surface area (Å²) < 4.78 is 21.1. The van der Waals surface area contributed by atoms with Crippen LogP contribution in [0.25, 0.3) is 6.08 Å². The third kappa shape index (κ3) is 4.80. The molecule has 1 saturated heterocycles. The van der Waals surface area contributed by atoms with E-state index >= 15 is 0 Å². The van der Waals surface area contributed by atoms with Gasteiger partial charge in [-0.2, -0.15) is 5.10 Å². The zero-order valence-corrected chi connectivity index (χ0v) is 28.1. The number of fused-ring (bicyclic) bond motifs is 8. The Balaban J connectivity index is 1.20. The molecule has 9 nitrogen and oxygen atoms in total. The van der Waals surface area contributed by atoms with Crippen molar-refractivity contribution in [2.45, 2.75) is 142 Å². The Bertz CT molecular complexity index is 1410. The van der Waals surface area contributed by atoms with Gasteiger partial charge in [0.25, 0.3) is 0 Å². The van der Waals surface area contributed by atoms with E-state index < -0.39 is 29.5 Å². The molecule has 5 fully saturated rings. The Morgan fingerprint density at radius 2 is 1.91 bits per heavy atom. The number of carbonyl (C=O) groups is 3. The van der Waals surface area contributed by atoms with Crippen LogP contribution in [0.4, 0.5) is 0 Å². The van der Waals surface area contributed by atoms with E-state index in [1.54, 1.807) is 0 Å². The molecule has 1 unspecified atom stereocenters. The molecule has 1 aromatic rings. The number of ether oxygens (including phenoxy) is 3. The van der Waals surface area contributed by atoms with Gasteiger partial charge in [0.05, 0.1) is 24.1 Å². The Morgan fingerprint density at radius 1 is 1.13 bits per heavy atom. The van der Waals surface area contributed by atoms with Crippen LogP contribution < -0.4 is 0 Å². The highest BCUT2D eigenvalue weighted by atomic mass is 16.7. The maximum absolute atomic E-state index is 14.4. The highest BCUT2D eigenvalue weighted by molar-refractivity contribution is 5.92. The quantitative estimate of drug-likeness (QED) is 0.349. The normalized spacial score (nSPS) is 39.8. The number of allylic oxidation sites excluding steroid dienone is 1. The molecule has 0 bridgehead atoms. The van der Waals surface area contributed by atoms with Crippen molar-refractivity contribution in [3.8, 4) is 0 Å². The van der Waals surface area contributed by atoms with Crippen LogP contribution in [0.15, 0.2) is 11.8 Å². The summed E-state index contributed by atoms with van der Waals surface area (Å²) in [6.07, 6.45) is 13.3. The molecular weight excluding hydrogens is 584 g/mol. The largest absolute Gasteiger partial charge is 0.458 e. The van der Waals surface area contributed by atoms with Gasteiger partial charge in [0.1, 0.15) is 6.54 Å². The maximum atomic E-state index is 14.4. The van der Waals surface area contributed by atoms with Crippen molar-refractivity contribution in [3.63, 3.8) is 0 Å². The second-order valence-corrected chi connectivity index (χ2v) is 15.7. The Morgan fingerprint density at radius 3 is 2.65 bits per heavy atom. The Kier molecular flexibility index (Phi) is 8.37. The minimum Gasteiger partial charge on any atom is -0.458 e. The van der Waals surface area contributed by atoms with Crippen LogP contribution in [-0.4, -0.2) is 63.1 Å². The van der Waals surface area contributed by atoms with Crippen LogP contribution in [0.5, 0.6) is 0 Å². The first-order valence-electron chi connectivity index (χ1n) is 18.0. The average Bonchev–Trinajstić information content (AvgIpc) is 3.68. The minimum atomic E-state index is -1.25. The summed E-state index contributed by atoms with van der Waals surface area (Å²) in [6.45, 7) is 8.22. The van der Waals surface area contributed by atoms with Crippen LogP contribution in [0.2, 0.25) is 0 Å². The van der Waals surface area contributed by atoms with E-state index in [9.17, 15) is 19.5 Å². The fraction of sp³-hybridized carbons (Fsp3) is 0.784. The van der Waals surface area contributed by atoms with Crippen molar-refractivity contribution >= 4 is 23.6 Å². The molecule has 0 aromatic carbocycles. The van der Waals surface area contributed by atoms with Gasteiger partial charge >= 0.3 is 5.97 Å². The van der Waals surface area contributed by atoms with E-state index in [4.69, 9.17) is 14.2 Å².